The number of thioether (sulfide) groups is 1. The molecule has 0 heterocycles. The van der Waals surface area contributed by atoms with Gasteiger partial charge in [-0.05, 0) is 105 Å². The Labute approximate surface area is 204 Å². The molecule has 0 aromatic heterocycles. The summed E-state index contributed by atoms with van der Waals surface area (Å²) in [5.41, 5.74) is 1.21. The van der Waals surface area contributed by atoms with Crippen LogP contribution in [0.2, 0.25) is 0 Å². The predicted molar refractivity (Wildman–Crippen MR) is 140 cm³/mol. The van der Waals surface area contributed by atoms with Gasteiger partial charge in [0.2, 0.25) is 0 Å². The van der Waals surface area contributed by atoms with E-state index in [2.05, 4.69) is 20.8 Å². The van der Waals surface area contributed by atoms with Crippen LogP contribution in [0.25, 0.3) is 0 Å². The first-order valence-electron chi connectivity index (χ1n) is 14.6. The van der Waals surface area contributed by atoms with Crippen molar-refractivity contribution in [1.29, 1.82) is 0 Å². The molecule has 4 rings (SSSR count). The van der Waals surface area contributed by atoms with Gasteiger partial charge in [0.1, 0.15) is 0 Å². The molecular formula is C30H52OS. The molecule has 2 heteroatoms. The smallest absolute Gasteiger partial charge is 0.188 e. The molecule has 4 fully saturated rings. The van der Waals surface area contributed by atoms with Crippen molar-refractivity contribution in [3.8, 4) is 0 Å². The van der Waals surface area contributed by atoms with Crippen molar-refractivity contribution in [2.24, 2.45) is 40.4 Å². The lowest BCUT2D eigenvalue weighted by atomic mass is 9.45. The van der Waals surface area contributed by atoms with Gasteiger partial charge in [-0.3, -0.25) is 4.79 Å². The van der Waals surface area contributed by atoms with Gasteiger partial charge < -0.3 is 0 Å². The summed E-state index contributed by atoms with van der Waals surface area (Å²) in [5, 5.41) is 1.03. The molecule has 0 aromatic carbocycles. The lowest BCUT2D eigenvalue weighted by Crippen LogP contribution is -2.53. The zero-order valence-electron chi connectivity index (χ0n) is 21.8. The van der Waals surface area contributed by atoms with E-state index in [9.17, 15) is 4.79 Å². The number of hydrogen-bond donors (Lipinski definition) is 0. The lowest BCUT2D eigenvalue weighted by molar-refractivity contribution is -0.112. The summed E-state index contributed by atoms with van der Waals surface area (Å²) < 4.78 is 0. The van der Waals surface area contributed by atoms with Crippen molar-refractivity contribution in [2.45, 2.75) is 142 Å². The van der Waals surface area contributed by atoms with E-state index in [1.54, 1.807) is 11.8 Å². The maximum absolute atomic E-state index is 12.0. The van der Waals surface area contributed by atoms with Gasteiger partial charge in [-0.2, -0.15) is 0 Å². The van der Waals surface area contributed by atoms with Crippen molar-refractivity contribution in [2.75, 3.05) is 0 Å². The summed E-state index contributed by atoms with van der Waals surface area (Å²) in [6.45, 7) is 9.75. The van der Waals surface area contributed by atoms with E-state index < -0.39 is 0 Å². The number of unbranched alkanes of at least 4 members (excludes halogenated alkanes) is 5. The number of hydrogen-bond acceptors (Lipinski definition) is 2. The van der Waals surface area contributed by atoms with Gasteiger partial charge in [0, 0.05) is 11.7 Å². The Balaban J connectivity index is 1.35. The normalized spacial score (nSPS) is 43.4. The van der Waals surface area contributed by atoms with Crippen LogP contribution in [0, 0.1) is 40.4 Å². The molecule has 0 aromatic rings. The van der Waals surface area contributed by atoms with E-state index >= 15 is 0 Å². The van der Waals surface area contributed by atoms with Crippen molar-refractivity contribution >= 4 is 16.9 Å². The number of fused-ring (bicyclic) bond motifs is 5. The average Bonchev–Trinajstić information content (AvgIpc) is 3.12. The molecule has 0 unspecified atom stereocenters. The van der Waals surface area contributed by atoms with Crippen LogP contribution in [0.15, 0.2) is 0 Å². The molecule has 184 valence electrons. The molecule has 0 N–H and O–H groups in total. The molecule has 4 saturated carbocycles. The van der Waals surface area contributed by atoms with Crippen molar-refractivity contribution in [3.05, 3.63) is 0 Å². The summed E-state index contributed by atoms with van der Waals surface area (Å²) in [4.78, 5) is 12.0. The highest BCUT2D eigenvalue weighted by molar-refractivity contribution is 8.14. The Morgan fingerprint density at radius 1 is 0.812 bits per heavy atom. The standard InChI is InChI=1S/C30H52OS/c1-5-7-8-9-10-11-12-22-14-16-26-25-15-13-23-21-24(32-28(31)6-2)17-19-30(23,4)27(25)18-20-29(22,26)3/h22-27H,5-21H2,1-4H3/t22-,23-,24+,25+,26-,27+,29-,30+/m1/s1. The van der Waals surface area contributed by atoms with Gasteiger partial charge in [-0.15, -0.1) is 0 Å². The minimum absolute atomic E-state index is 0.420. The van der Waals surface area contributed by atoms with Crippen LogP contribution in [0.4, 0.5) is 0 Å². The Morgan fingerprint density at radius 3 is 2.31 bits per heavy atom. The fraction of sp³-hybridized carbons (Fsp3) is 0.967. The Kier molecular flexibility index (Phi) is 8.43. The van der Waals surface area contributed by atoms with E-state index in [4.69, 9.17) is 0 Å². The highest BCUT2D eigenvalue weighted by Crippen LogP contribution is 2.68. The molecule has 0 amide bonds. The third kappa shape index (κ3) is 4.87. The minimum Gasteiger partial charge on any atom is -0.287 e. The van der Waals surface area contributed by atoms with E-state index in [0.717, 1.165) is 29.6 Å². The first kappa shape index (κ1) is 25.1. The number of carbonyl (C=O) groups excluding carboxylic acids is 1. The summed E-state index contributed by atoms with van der Waals surface area (Å²) in [7, 11) is 0. The molecule has 0 bridgehead atoms. The first-order valence-corrected chi connectivity index (χ1v) is 15.5. The molecule has 32 heavy (non-hydrogen) atoms. The molecular weight excluding hydrogens is 408 g/mol. The van der Waals surface area contributed by atoms with E-state index in [1.807, 2.05) is 6.92 Å². The van der Waals surface area contributed by atoms with Gasteiger partial charge in [-0.1, -0.05) is 78.0 Å². The highest BCUT2D eigenvalue weighted by Gasteiger charge is 2.59. The Bertz CT molecular complexity index is 630. The summed E-state index contributed by atoms with van der Waals surface area (Å²) in [6, 6.07) is 0. The number of rotatable bonds is 9. The van der Waals surface area contributed by atoms with Crippen molar-refractivity contribution in [3.63, 3.8) is 0 Å². The van der Waals surface area contributed by atoms with Gasteiger partial charge in [0.25, 0.3) is 0 Å². The fourth-order valence-corrected chi connectivity index (χ4v) is 10.5. The molecule has 4 aliphatic rings. The molecule has 0 spiro atoms. The summed E-state index contributed by atoms with van der Waals surface area (Å²) in [6.07, 6.45) is 23.9. The second-order valence-corrected chi connectivity index (χ2v) is 14.1. The quantitative estimate of drug-likeness (QED) is 0.319. The molecule has 0 aliphatic heterocycles. The summed E-state index contributed by atoms with van der Waals surface area (Å²) >= 11 is 1.69. The lowest BCUT2D eigenvalue weighted by Gasteiger charge is -2.61. The van der Waals surface area contributed by atoms with Crippen molar-refractivity contribution < 1.29 is 4.79 Å². The first-order chi connectivity index (χ1) is 15.4. The maximum atomic E-state index is 12.0. The predicted octanol–water partition coefficient (Wildman–Crippen LogP) is 9.43. The summed E-state index contributed by atoms with van der Waals surface area (Å²) in [5.74, 6) is 4.88. The van der Waals surface area contributed by atoms with Gasteiger partial charge >= 0.3 is 0 Å². The third-order valence-corrected chi connectivity index (χ3v) is 12.6. The Hall–Kier alpha value is 0.0200. The monoisotopic (exact) mass is 460 g/mol. The maximum Gasteiger partial charge on any atom is 0.188 e. The zero-order chi connectivity index (χ0) is 22.8. The van der Waals surface area contributed by atoms with Crippen LogP contribution in [-0.4, -0.2) is 10.4 Å². The second kappa shape index (κ2) is 10.7. The third-order valence-electron chi connectivity index (χ3n) is 11.3. The average molecular weight is 461 g/mol. The molecule has 4 aliphatic carbocycles. The molecule has 1 nitrogen and oxygen atoms in total. The van der Waals surface area contributed by atoms with E-state index in [1.165, 1.54) is 103 Å². The SMILES string of the molecule is CCCCCCCC[C@@H]1CC[C@@H]2[C@@H]3CC[C@@H]4C[C@@H](SC(=O)CC)CC[C@]4(C)[C@H]3CC[C@]12C. The molecule has 0 saturated heterocycles. The zero-order valence-corrected chi connectivity index (χ0v) is 22.6. The van der Waals surface area contributed by atoms with E-state index in [0.29, 0.717) is 27.6 Å². The van der Waals surface area contributed by atoms with Crippen LogP contribution in [0.1, 0.15) is 137 Å². The van der Waals surface area contributed by atoms with Crippen molar-refractivity contribution in [1.82, 2.24) is 0 Å². The highest BCUT2D eigenvalue weighted by atomic mass is 32.2. The van der Waals surface area contributed by atoms with Gasteiger partial charge in [-0.25, -0.2) is 0 Å². The number of carbonyl (C=O) groups is 1. The van der Waals surface area contributed by atoms with Crippen LogP contribution in [-0.2, 0) is 4.79 Å². The van der Waals surface area contributed by atoms with Crippen LogP contribution in [0.3, 0.4) is 0 Å². The molecule has 0 radical (unpaired) electrons. The molecule has 8 atom stereocenters. The van der Waals surface area contributed by atoms with Gasteiger partial charge in [0.15, 0.2) is 5.12 Å². The van der Waals surface area contributed by atoms with E-state index in [-0.39, 0.29) is 0 Å². The Morgan fingerprint density at radius 2 is 1.53 bits per heavy atom. The fourth-order valence-electron chi connectivity index (χ4n) is 9.35. The van der Waals surface area contributed by atoms with Crippen LogP contribution >= 0.6 is 11.8 Å². The largest absolute Gasteiger partial charge is 0.287 e. The minimum atomic E-state index is 0.420. The topological polar surface area (TPSA) is 17.1 Å². The second-order valence-electron chi connectivity index (χ2n) is 12.8. The van der Waals surface area contributed by atoms with Crippen LogP contribution in [0.5, 0.6) is 0 Å². The van der Waals surface area contributed by atoms with Gasteiger partial charge in [0.05, 0.1) is 0 Å². The van der Waals surface area contributed by atoms with Crippen LogP contribution < -0.4 is 0 Å².